The van der Waals surface area contributed by atoms with Crippen LogP contribution in [0.25, 0.3) is 0 Å². The molecule has 1 aromatic carbocycles. The molecule has 0 fully saturated rings. The monoisotopic (exact) mass is 291 g/mol. The van der Waals surface area contributed by atoms with Crippen LogP contribution in [0.3, 0.4) is 0 Å². The Kier molecular flexibility index (Phi) is 4.30. The molecular weight excluding hydrogens is 266 g/mol. The third-order valence-corrected chi connectivity index (χ3v) is 3.64. The molecule has 21 heavy (non-hydrogen) atoms. The van der Waals surface area contributed by atoms with Crippen LogP contribution in [-0.2, 0) is 4.79 Å². The summed E-state index contributed by atoms with van der Waals surface area (Å²) in [6, 6.07) is 5.73. The Bertz CT molecular complexity index is 528. The molecule has 1 amide bonds. The predicted octanol–water partition coefficient (Wildman–Crippen LogP) is 2.16. The number of nitrogens with zero attached hydrogens (tertiary/aromatic N) is 1. The summed E-state index contributed by atoms with van der Waals surface area (Å²) in [5.41, 5.74) is 7.08. The second-order valence-corrected chi connectivity index (χ2v) is 6.32. The molecule has 0 bridgehead atoms. The zero-order chi connectivity index (χ0) is 15.6. The Hall–Kier alpha value is -1.91. The number of hydrogen-bond donors (Lipinski definition) is 2. The minimum absolute atomic E-state index is 0.0235. The van der Waals surface area contributed by atoms with Crippen molar-refractivity contribution in [1.82, 2.24) is 5.32 Å². The van der Waals surface area contributed by atoms with Gasteiger partial charge in [-0.3, -0.25) is 4.79 Å². The normalized spacial score (nSPS) is 17.6. The molecule has 1 atom stereocenters. The minimum atomic E-state index is -0.334. The Labute approximate surface area is 126 Å². The maximum absolute atomic E-state index is 12.2. The van der Waals surface area contributed by atoms with Crippen molar-refractivity contribution >= 4 is 17.3 Å². The van der Waals surface area contributed by atoms with E-state index in [0.717, 1.165) is 17.9 Å². The third kappa shape index (κ3) is 3.80. The number of nitrogens with two attached hydrogens (primary N) is 1. The van der Waals surface area contributed by atoms with Crippen LogP contribution in [0.2, 0.25) is 0 Å². The molecule has 2 rings (SSSR count). The number of anilines is 2. The SMILES string of the molecule is CCC(C)NC(=O)CN1CC(C)(C)Oc2ccc(N)cc21. The lowest BCUT2D eigenvalue weighted by Crippen LogP contribution is -2.50. The highest BCUT2D eigenvalue weighted by Gasteiger charge is 2.32. The van der Waals surface area contributed by atoms with E-state index >= 15 is 0 Å². The van der Waals surface area contributed by atoms with E-state index in [0.29, 0.717) is 18.8 Å². The van der Waals surface area contributed by atoms with Crippen molar-refractivity contribution in [3.05, 3.63) is 18.2 Å². The second-order valence-electron chi connectivity index (χ2n) is 6.32. The van der Waals surface area contributed by atoms with E-state index in [9.17, 15) is 4.79 Å². The highest BCUT2D eigenvalue weighted by Crippen LogP contribution is 2.37. The van der Waals surface area contributed by atoms with Crippen LogP contribution >= 0.6 is 0 Å². The van der Waals surface area contributed by atoms with Gasteiger partial charge in [0.1, 0.15) is 11.4 Å². The maximum Gasteiger partial charge on any atom is 0.239 e. The fourth-order valence-electron chi connectivity index (χ4n) is 2.48. The number of carbonyl (C=O) groups is 1. The van der Waals surface area contributed by atoms with Gasteiger partial charge in [-0.1, -0.05) is 6.92 Å². The van der Waals surface area contributed by atoms with E-state index in [4.69, 9.17) is 10.5 Å². The van der Waals surface area contributed by atoms with E-state index in [1.54, 1.807) is 0 Å². The van der Waals surface area contributed by atoms with Crippen LogP contribution in [0.1, 0.15) is 34.1 Å². The van der Waals surface area contributed by atoms with Crippen LogP contribution < -0.4 is 20.7 Å². The van der Waals surface area contributed by atoms with Crippen molar-refractivity contribution in [3.63, 3.8) is 0 Å². The summed E-state index contributed by atoms with van der Waals surface area (Å²) in [7, 11) is 0. The number of nitrogen functional groups attached to an aromatic ring is 1. The lowest BCUT2D eigenvalue weighted by atomic mass is 10.0. The van der Waals surface area contributed by atoms with Crippen molar-refractivity contribution in [3.8, 4) is 5.75 Å². The van der Waals surface area contributed by atoms with Crippen molar-refractivity contribution in [1.29, 1.82) is 0 Å². The zero-order valence-corrected chi connectivity index (χ0v) is 13.3. The van der Waals surface area contributed by atoms with Gasteiger partial charge in [-0.05, 0) is 45.4 Å². The number of carbonyl (C=O) groups excluding carboxylic acids is 1. The predicted molar refractivity (Wildman–Crippen MR) is 85.7 cm³/mol. The van der Waals surface area contributed by atoms with Gasteiger partial charge in [-0.25, -0.2) is 0 Å². The lowest BCUT2D eigenvalue weighted by molar-refractivity contribution is -0.120. The molecule has 1 unspecified atom stereocenters. The molecule has 116 valence electrons. The number of ether oxygens (including phenoxy) is 1. The average Bonchev–Trinajstić information content (AvgIpc) is 2.38. The van der Waals surface area contributed by atoms with Gasteiger partial charge in [0.25, 0.3) is 0 Å². The first-order valence-electron chi connectivity index (χ1n) is 7.43. The van der Waals surface area contributed by atoms with Crippen LogP contribution in [0, 0.1) is 0 Å². The molecule has 5 heteroatoms. The molecule has 3 N–H and O–H groups in total. The molecule has 0 radical (unpaired) electrons. The molecule has 0 saturated heterocycles. The van der Waals surface area contributed by atoms with E-state index < -0.39 is 0 Å². The number of fused-ring (bicyclic) bond motifs is 1. The van der Waals surface area contributed by atoms with Crippen LogP contribution in [0.4, 0.5) is 11.4 Å². The summed E-state index contributed by atoms with van der Waals surface area (Å²) in [6.07, 6.45) is 0.921. The quantitative estimate of drug-likeness (QED) is 0.834. The van der Waals surface area contributed by atoms with E-state index in [-0.39, 0.29) is 17.6 Å². The first-order valence-corrected chi connectivity index (χ1v) is 7.43. The standard InChI is InChI=1S/C16H25N3O2/c1-5-11(2)18-15(20)9-19-10-16(3,4)21-14-7-6-12(17)8-13(14)19/h6-8,11H,5,9-10,17H2,1-4H3,(H,18,20). The number of hydrogen-bond acceptors (Lipinski definition) is 4. The lowest BCUT2D eigenvalue weighted by Gasteiger charge is -2.40. The summed E-state index contributed by atoms with van der Waals surface area (Å²) in [5.74, 6) is 0.798. The summed E-state index contributed by atoms with van der Waals surface area (Å²) in [6.45, 7) is 9.06. The van der Waals surface area contributed by atoms with E-state index in [1.165, 1.54) is 0 Å². The smallest absolute Gasteiger partial charge is 0.239 e. The molecule has 0 aromatic heterocycles. The third-order valence-electron chi connectivity index (χ3n) is 3.64. The molecule has 1 aromatic rings. The van der Waals surface area contributed by atoms with Crippen LogP contribution in [0.15, 0.2) is 18.2 Å². The van der Waals surface area contributed by atoms with Crippen LogP contribution in [-0.4, -0.2) is 30.6 Å². The largest absolute Gasteiger partial charge is 0.484 e. The zero-order valence-electron chi connectivity index (χ0n) is 13.3. The minimum Gasteiger partial charge on any atom is -0.484 e. The van der Waals surface area contributed by atoms with Gasteiger partial charge in [0, 0.05) is 11.7 Å². The Morgan fingerprint density at radius 3 is 2.90 bits per heavy atom. The van der Waals surface area contributed by atoms with Crippen molar-refractivity contribution in [2.24, 2.45) is 0 Å². The molecule has 0 saturated carbocycles. The van der Waals surface area contributed by atoms with Gasteiger partial charge in [0.15, 0.2) is 0 Å². The summed E-state index contributed by atoms with van der Waals surface area (Å²) in [4.78, 5) is 14.2. The highest BCUT2D eigenvalue weighted by molar-refractivity contribution is 5.83. The fraction of sp³-hybridized carbons (Fsp3) is 0.562. The maximum atomic E-state index is 12.2. The molecular formula is C16H25N3O2. The number of benzene rings is 1. The van der Waals surface area contributed by atoms with Crippen molar-refractivity contribution in [2.75, 3.05) is 23.7 Å². The van der Waals surface area contributed by atoms with Gasteiger partial charge in [0.2, 0.25) is 5.91 Å². The highest BCUT2D eigenvalue weighted by atomic mass is 16.5. The molecule has 0 spiro atoms. The molecule has 1 heterocycles. The Morgan fingerprint density at radius 1 is 1.52 bits per heavy atom. The van der Waals surface area contributed by atoms with Gasteiger partial charge >= 0.3 is 0 Å². The molecule has 1 aliphatic rings. The Morgan fingerprint density at radius 2 is 2.24 bits per heavy atom. The summed E-state index contributed by atoms with van der Waals surface area (Å²) in [5, 5.41) is 3.00. The summed E-state index contributed by atoms with van der Waals surface area (Å²) < 4.78 is 5.96. The van der Waals surface area contributed by atoms with E-state index in [1.807, 2.05) is 43.9 Å². The van der Waals surface area contributed by atoms with Gasteiger partial charge in [0.05, 0.1) is 18.8 Å². The average molecular weight is 291 g/mol. The first-order chi connectivity index (χ1) is 9.80. The van der Waals surface area contributed by atoms with Crippen LogP contribution in [0.5, 0.6) is 5.75 Å². The fourth-order valence-corrected chi connectivity index (χ4v) is 2.48. The number of nitrogens with one attached hydrogen (secondary N) is 1. The van der Waals surface area contributed by atoms with Gasteiger partial charge < -0.3 is 20.7 Å². The number of rotatable bonds is 4. The summed E-state index contributed by atoms with van der Waals surface area (Å²) >= 11 is 0. The first kappa shape index (κ1) is 15.5. The van der Waals surface area contributed by atoms with Gasteiger partial charge in [-0.15, -0.1) is 0 Å². The molecule has 5 nitrogen and oxygen atoms in total. The van der Waals surface area contributed by atoms with Crippen molar-refractivity contribution in [2.45, 2.75) is 45.8 Å². The van der Waals surface area contributed by atoms with Crippen molar-refractivity contribution < 1.29 is 9.53 Å². The van der Waals surface area contributed by atoms with Gasteiger partial charge in [-0.2, -0.15) is 0 Å². The topological polar surface area (TPSA) is 67.6 Å². The Balaban J connectivity index is 2.19. The molecule has 0 aliphatic carbocycles. The molecule has 1 aliphatic heterocycles. The number of amides is 1. The van der Waals surface area contributed by atoms with E-state index in [2.05, 4.69) is 12.2 Å². The second kappa shape index (κ2) is 5.84.